The molecular formula is C18H28N2O. The Hall–Kier alpha value is -1.35. The molecule has 1 aliphatic heterocycles. The molecule has 0 saturated carbocycles. The molecule has 1 saturated heterocycles. The van der Waals surface area contributed by atoms with Crippen LogP contribution >= 0.6 is 0 Å². The van der Waals surface area contributed by atoms with Gasteiger partial charge in [-0.15, -0.1) is 0 Å². The number of nitrogens with one attached hydrogen (secondary N) is 1. The maximum Gasteiger partial charge on any atom is 0.224 e. The minimum Gasteiger partial charge on any atom is -0.353 e. The van der Waals surface area contributed by atoms with Crippen molar-refractivity contribution in [2.45, 2.75) is 52.1 Å². The Kier molecular flexibility index (Phi) is 6.24. The molecule has 1 aromatic rings. The van der Waals surface area contributed by atoms with Crippen molar-refractivity contribution in [1.29, 1.82) is 0 Å². The van der Waals surface area contributed by atoms with Crippen LogP contribution in [0.4, 0.5) is 0 Å². The molecule has 21 heavy (non-hydrogen) atoms. The molecule has 0 bridgehead atoms. The van der Waals surface area contributed by atoms with Gasteiger partial charge in [0.2, 0.25) is 5.91 Å². The number of piperidine rings is 1. The first kappa shape index (κ1) is 16.0. The molecule has 116 valence electrons. The number of amides is 1. The van der Waals surface area contributed by atoms with Gasteiger partial charge in [0.25, 0.3) is 0 Å². The van der Waals surface area contributed by atoms with Gasteiger partial charge in [0.15, 0.2) is 0 Å². The zero-order valence-corrected chi connectivity index (χ0v) is 13.3. The number of nitrogens with zero attached hydrogens (tertiary/aromatic N) is 1. The van der Waals surface area contributed by atoms with Crippen molar-refractivity contribution < 1.29 is 4.79 Å². The standard InChI is InChI=1S/C18H28N2O/c1-3-8-15(2)19-18(21)17-11-7-12-20(14-17)13-16-9-5-4-6-10-16/h4-6,9-10,15,17H,3,7-8,11-14H2,1-2H3,(H,19,21). The zero-order chi connectivity index (χ0) is 15.1. The van der Waals surface area contributed by atoms with E-state index in [1.807, 2.05) is 6.07 Å². The van der Waals surface area contributed by atoms with Gasteiger partial charge in [-0.1, -0.05) is 43.7 Å². The predicted octanol–water partition coefficient (Wildman–Crippen LogP) is 3.20. The van der Waals surface area contributed by atoms with Crippen molar-refractivity contribution in [1.82, 2.24) is 10.2 Å². The van der Waals surface area contributed by atoms with E-state index in [1.54, 1.807) is 0 Å². The number of carbonyl (C=O) groups is 1. The van der Waals surface area contributed by atoms with Crippen LogP contribution in [-0.2, 0) is 11.3 Å². The quantitative estimate of drug-likeness (QED) is 0.872. The fourth-order valence-corrected chi connectivity index (χ4v) is 3.12. The Morgan fingerprint density at radius 3 is 2.86 bits per heavy atom. The second-order valence-electron chi connectivity index (χ2n) is 6.26. The fraction of sp³-hybridized carbons (Fsp3) is 0.611. The van der Waals surface area contributed by atoms with Gasteiger partial charge in [-0.25, -0.2) is 0 Å². The molecule has 0 spiro atoms. The van der Waals surface area contributed by atoms with E-state index in [4.69, 9.17) is 0 Å². The predicted molar refractivity (Wildman–Crippen MR) is 87.0 cm³/mol. The summed E-state index contributed by atoms with van der Waals surface area (Å²) in [5.74, 6) is 0.399. The van der Waals surface area contributed by atoms with Gasteiger partial charge in [-0.05, 0) is 38.3 Å². The number of hydrogen-bond acceptors (Lipinski definition) is 2. The summed E-state index contributed by atoms with van der Waals surface area (Å²) in [4.78, 5) is 14.8. The normalized spacial score (nSPS) is 21.0. The third-order valence-corrected chi connectivity index (χ3v) is 4.24. The molecule has 2 atom stereocenters. The van der Waals surface area contributed by atoms with Crippen LogP contribution in [0, 0.1) is 5.92 Å². The molecular weight excluding hydrogens is 260 g/mol. The number of hydrogen-bond donors (Lipinski definition) is 1. The lowest BCUT2D eigenvalue weighted by Gasteiger charge is -2.32. The molecule has 0 aromatic heterocycles. The van der Waals surface area contributed by atoms with E-state index in [9.17, 15) is 4.79 Å². The molecule has 2 unspecified atom stereocenters. The van der Waals surface area contributed by atoms with Gasteiger partial charge in [-0.3, -0.25) is 9.69 Å². The van der Waals surface area contributed by atoms with Gasteiger partial charge in [0, 0.05) is 19.1 Å². The van der Waals surface area contributed by atoms with Crippen LogP contribution in [0.5, 0.6) is 0 Å². The first-order chi connectivity index (χ1) is 10.2. The Labute approximate surface area is 128 Å². The largest absolute Gasteiger partial charge is 0.353 e. The smallest absolute Gasteiger partial charge is 0.224 e. The highest BCUT2D eigenvalue weighted by atomic mass is 16.2. The minimum atomic E-state index is 0.154. The summed E-state index contributed by atoms with van der Waals surface area (Å²) >= 11 is 0. The van der Waals surface area contributed by atoms with E-state index < -0.39 is 0 Å². The summed E-state index contributed by atoms with van der Waals surface area (Å²) in [5, 5.41) is 3.17. The van der Waals surface area contributed by atoms with Crippen LogP contribution in [0.25, 0.3) is 0 Å². The van der Waals surface area contributed by atoms with Gasteiger partial charge in [-0.2, -0.15) is 0 Å². The molecule has 0 aliphatic carbocycles. The molecule has 1 N–H and O–H groups in total. The van der Waals surface area contributed by atoms with E-state index in [2.05, 4.69) is 48.3 Å². The highest BCUT2D eigenvalue weighted by Crippen LogP contribution is 2.19. The highest BCUT2D eigenvalue weighted by Gasteiger charge is 2.26. The van der Waals surface area contributed by atoms with Gasteiger partial charge < -0.3 is 5.32 Å². The van der Waals surface area contributed by atoms with E-state index in [0.29, 0.717) is 6.04 Å². The summed E-state index contributed by atoms with van der Waals surface area (Å²) in [6.07, 6.45) is 4.32. The van der Waals surface area contributed by atoms with Gasteiger partial charge in [0.1, 0.15) is 0 Å². The van der Waals surface area contributed by atoms with Crippen LogP contribution in [-0.4, -0.2) is 29.9 Å². The second kappa shape index (κ2) is 8.18. The monoisotopic (exact) mass is 288 g/mol. The Morgan fingerprint density at radius 2 is 2.14 bits per heavy atom. The molecule has 3 nitrogen and oxygen atoms in total. The molecule has 1 heterocycles. The highest BCUT2D eigenvalue weighted by molar-refractivity contribution is 5.79. The van der Waals surface area contributed by atoms with Gasteiger partial charge >= 0.3 is 0 Å². The van der Waals surface area contributed by atoms with Crippen molar-refractivity contribution in [3.05, 3.63) is 35.9 Å². The van der Waals surface area contributed by atoms with E-state index in [0.717, 1.165) is 45.3 Å². The molecule has 1 amide bonds. The fourth-order valence-electron chi connectivity index (χ4n) is 3.12. The van der Waals surface area contributed by atoms with E-state index >= 15 is 0 Å². The summed E-state index contributed by atoms with van der Waals surface area (Å²) in [6.45, 7) is 7.20. The van der Waals surface area contributed by atoms with Crippen molar-refractivity contribution in [2.24, 2.45) is 5.92 Å². The molecule has 1 aliphatic rings. The van der Waals surface area contributed by atoms with Crippen molar-refractivity contribution in [3.8, 4) is 0 Å². The maximum atomic E-state index is 12.3. The third kappa shape index (κ3) is 5.16. The summed E-state index contributed by atoms with van der Waals surface area (Å²) in [6, 6.07) is 10.8. The van der Waals surface area contributed by atoms with Crippen molar-refractivity contribution in [3.63, 3.8) is 0 Å². The van der Waals surface area contributed by atoms with Crippen LogP contribution in [0.15, 0.2) is 30.3 Å². The average molecular weight is 288 g/mol. The Balaban J connectivity index is 1.84. The summed E-state index contributed by atoms with van der Waals surface area (Å²) in [7, 11) is 0. The van der Waals surface area contributed by atoms with Crippen molar-refractivity contribution >= 4 is 5.91 Å². The van der Waals surface area contributed by atoms with Crippen LogP contribution < -0.4 is 5.32 Å². The molecule has 3 heteroatoms. The van der Waals surface area contributed by atoms with Crippen LogP contribution in [0.1, 0.15) is 45.1 Å². The topological polar surface area (TPSA) is 32.3 Å². The molecule has 1 fully saturated rings. The lowest BCUT2D eigenvalue weighted by molar-refractivity contribution is -0.127. The first-order valence-electron chi connectivity index (χ1n) is 8.25. The SMILES string of the molecule is CCCC(C)NC(=O)C1CCCN(Cc2ccccc2)C1. The molecule has 0 radical (unpaired) electrons. The number of rotatable bonds is 6. The van der Waals surface area contributed by atoms with Crippen LogP contribution in [0.2, 0.25) is 0 Å². The number of carbonyl (C=O) groups excluding carboxylic acids is 1. The number of likely N-dealkylation sites (tertiary alicyclic amines) is 1. The Bertz CT molecular complexity index is 432. The van der Waals surface area contributed by atoms with Gasteiger partial charge in [0.05, 0.1) is 5.92 Å². The lowest BCUT2D eigenvalue weighted by atomic mass is 9.96. The first-order valence-corrected chi connectivity index (χ1v) is 8.25. The average Bonchev–Trinajstić information content (AvgIpc) is 2.49. The number of benzene rings is 1. The van der Waals surface area contributed by atoms with Crippen molar-refractivity contribution in [2.75, 3.05) is 13.1 Å². The maximum absolute atomic E-state index is 12.3. The molecule has 1 aromatic carbocycles. The zero-order valence-electron chi connectivity index (χ0n) is 13.3. The third-order valence-electron chi connectivity index (χ3n) is 4.24. The van der Waals surface area contributed by atoms with E-state index in [-0.39, 0.29) is 11.8 Å². The summed E-state index contributed by atoms with van der Waals surface area (Å²) < 4.78 is 0. The molecule has 2 rings (SSSR count). The van der Waals surface area contributed by atoms with Crippen LogP contribution in [0.3, 0.4) is 0 Å². The second-order valence-corrected chi connectivity index (χ2v) is 6.26. The minimum absolute atomic E-state index is 0.154. The van der Waals surface area contributed by atoms with E-state index in [1.165, 1.54) is 5.56 Å². The lowest BCUT2D eigenvalue weighted by Crippen LogP contribution is -2.45. The summed E-state index contributed by atoms with van der Waals surface area (Å²) in [5.41, 5.74) is 1.33. The Morgan fingerprint density at radius 1 is 1.38 bits per heavy atom.